The maximum Gasteiger partial charge on any atom is 0.235 e. The summed E-state index contributed by atoms with van der Waals surface area (Å²) in [6.07, 6.45) is 2.50. The number of hydrogen-bond acceptors (Lipinski definition) is 4. The van der Waals surface area contributed by atoms with Crippen molar-refractivity contribution in [3.05, 3.63) is 0 Å². The number of piperidine rings is 1. The number of rotatable bonds is 5. The summed E-state index contributed by atoms with van der Waals surface area (Å²) >= 11 is 0. The highest BCUT2D eigenvalue weighted by atomic mass is 32.2. The summed E-state index contributed by atoms with van der Waals surface area (Å²) in [6, 6.07) is 0.0816. The minimum Gasteiger partial charge on any atom is -0.351 e. The molecule has 1 aliphatic rings. The van der Waals surface area contributed by atoms with Gasteiger partial charge in [0, 0.05) is 12.6 Å². The van der Waals surface area contributed by atoms with Gasteiger partial charge in [0.1, 0.15) is 5.75 Å². The third-order valence-electron chi connectivity index (χ3n) is 2.53. The quantitative estimate of drug-likeness (QED) is 0.699. The zero-order valence-electron chi connectivity index (χ0n) is 9.66. The second-order valence-electron chi connectivity index (χ2n) is 4.20. The fourth-order valence-corrected chi connectivity index (χ4v) is 3.08. The van der Waals surface area contributed by atoms with Crippen LogP contribution in [-0.2, 0) is 14.6 Å². The minimum absolute atomic E-state index is 0.0816. The molecule has 0 aromatic rings. The van der Waals surface area contributed by atoms with E-state index in [-0.39, 0.29) is 23.5 Å². The van der Waals surface area contributed by atoms with Crippen LogP contribution in [0.5, 0.6) is 0 Å². The van der Waals surface area contributed by atoms with Crippen molar-refractivity contribution in [3.63, 3.8) is 0 Å². The Hall–Kier alpha value is -0.620. The van der Waals surface area contributed by atoms with Gasteiger partial charge >= 0.3 is 0 Å². The van der Waals surface area contributed by atoms with Crippen LogP contribution >= 0.6 is 0 Å². The van der Waals surface area contributed by atoms with Crippen LogP contribution in [0.15, 0.2) is 0 Å². The van der Waals surface area contributed by atoms with Gasteiger partial charge in [0.25, 0.3) is 0 Å². The Morgan fingerprint density at radius 1 is 1.50 bits per heavy atom. The predicted molar refractivity (Wildman–Crippen MR) is 63.0 cm³/mol. The van der Waals surface area contributed by atoms with Crippen molar-refractivity contribution in [1.82, 2.24) is 10.6 Å². The maximum atomic E-state index is 11.5. The molecule has 1 rings (SSSR count). The molecular weight excluding hydrogens is 228 g/mol. The molecule has 0 spiro atoms. The first-order valence-corrected chi connectivity index (χ1v) is 7.56. The number of amides is 1. The zero-order valence-corrected chi connectivity index (χ0v) is 10.5. The van der Waals surface area contributed by atoms with Crippen molar-refractivity contribution < 1.29 is 13.2 Å². The molecule has 94 valence electrons. The summed E-state index contributed by atoms with van der Waals surface area (Å²) in [7, 11) is -3.21. The van der Waals surface area contributed by atoms with Gasteiger partial charge in [0.2, 0.25) is 5.91 Å². The minimum atomic E-state index is -3.21. The van der Waals surface area contributed by atoms with Gasteiger partial charge in [0.15, 0.2) is 9.84 Å². The maximum absolute atomic E-state index is 11.5. The number of carbonyl (C=O) groups excluding carboxylic acids is 1. The molecule has 1 saturated heterocycles. The fourth-order valence-electron chi connectivity index (χ4n) is 1.83. The standard InChI is InChI=1S/C10H20N2O3S/c1-2-6-16(14,15)8-10(13)12-9-4-3-5-11-7-9/h9,11H,2-8H2,1H3,(H,12,13)/t9-/m0/s1. The molecule has 6 heteroatoms. The molecule has 0 aromatic carbocycles. The smallest absolute Gasteiger partial charge is 0.235 e. The van der Waals surface area contributed by atoms with E-state index in [1.807, 2.05) is 0 Å². The summed E-state index contributed by atoms with van der Waals surface area (Å²) in [5.74, 6) is -0.664. The molecule has 0 bridgehead atoms. The molecule has 1 atom stereocenters. The molecule has 0 aromatic heterocycles. The summed E-state index contributed by atoms with van der Waals surface area (Å²) in [5, 5.41) is 5.92. The van der Waals surface area contributed by atoms with Gasteiger partial charge < -0.3 is 10.6 Å². The zero-order chi connectivity index (χ0) is 12.0. The highest BCUT2D eigenvalue weighted by Gasteiger charge is 2.19. The molecule has 1 amide bonds. The van der Waals surface area contributed by atoms with E-state index in [0.29, 0.717) is 6.42 Å². The molecule has 1 fully saturated rings. The van der Waals surface area contributed by atoms with E-state index in [1.54, 1.807) is 6.92 Å². The summed E-state index contributed by atoms with van der Waals surface area (Å²) in [4.78, 5) is 11.5. The van der Waals surface area contributed by atoms with Crippen molar-refractivity contribution in [2.75, 3.05) is 24.6 Å². The first-order valence-electron chi connectivity index (χ1n) is 5.74. The van der Waals surface area contributed by atoms with Crippen molar-refractivity contribution in [2.45, 2.75) is 32.2 Å². The lowest BCUT2D eigenvalue weighted by Gasteiger charge is -2.23. The number of carbonyl (C=O) groups is 1. The number of hydrogen-bond donors (Lipinski definition) is 2. The first kappa shape index (κ1) is 13.4. The third kappa shape index (κ3) is 4.94. The van der Waals surface area contributed by atoms with Crippen molar-refractivity contribution in [3.8, 4) is 0 Å². The van der Waals surface area contributed by atoms with Crippen LogP contribution in [0.25, 0.3) is 0 Å². The van der Waals surface area contributed by atoms with Gasteiger partial charge in [-0.25, -0.2) is 8.42 Å². The Morgan fingerprint density at radius 3 is 2.81 bits per heavy atom. The molecule has 5 nitrogen and oxygen atoms in total. The van der Waals surface area contributed by atoms with E-state index in [4.69, 9.17) is 0 Å². The highest BCUT2D eigenvalue weighted by molar-refractivity contribution is 7.92. The van der Waals surface area contributed by atoms with Gasteiger partial charge in [-0.05, 0) is 25.8 Å². The molecule has 16 heavy (non-hydrogen) atoms. The predicted octanol–water partition coefficient (Wildman–Crippen LogP) is -0.321. The van der Waals surface area contributed by atoms with Crippen LogP contribution in [0.4, 0.5) is 0 Å². The largest absolute Gasteiger partial charge is 0.351 e. The van der Waals surface area contributed by atoms with Crippen LogP contribution < -0.4 is 10.6 Å². The van der Waals surface area contributed by atoms with E-state index in [1.165, 1.54) is 0 Å². The molecule has 0 radical (unpaired) electrons. The second kappa shape index (κ2) is 6.20. The van der Waals surface area contributed by atoms with Crippen molar-refractivity contribution >= 4 is 15.7 Å². The van der Waals surface area contributed by atoms with E-state index in [2.05, 4.69) is 10.6 Å². The van der Waals surface area contributed by atoms with E-state index in [9.17, 15) is 13.2 Å². The molecule has 1 heterocycles. The van der Waals surface area contributed by atoms with Crippen LogP contribution in [-0.4, -0.2) is 45.0 Å². The van der Waals surface area contributed by atoms with E-state index < -0.39 is 9.84 Å². The molecule has 0 unspecified atom stereocenters. The monoisotopic (exact) mass is 248 g/mol. The summed E-state index contributed by atoms with van der Waals surface area (Å²) < 4.78 is 22.8. The van der Waals surface area contributed by atoms with Gasteiger partial charge in [-0.1, -0.05) is 6.92 Å². The van der Waals surface area contributed by atoms with Crippen molar-refractivity contribution in [1.29, 1.82) is 0 Å². The lowest BCUT2D eigenvalue weighted by atomic mass is 10.1. The third-order valence-corrected chi connectivity index (χ3v) is 4.26. The average Bonchev–Trinajstić information content (AvgIpc) is 2.17. The van der Waals surface area contributed by atoms with E-state index >= 15 is 0 Å². The van der Waals surface area contributed by atoms with Crippen molar-refractivity contribution in [2.24, 2.45) is 0 Å². The van der Waals surface area contributed by atoms with E-state index in [0.717, 1.165) is 25.9 Å². The molecule has 0 saturated carbocycles. The summed E-state index contributed by atoms with van der Waals surface area (Å²) in [6.45, 7) is 3.50. The topological polar surface area (TPSA) is 75.3 Å². The lowest BCUT2D eigenvalue weighted by Crippen LogP contribution is -2.47. The van der Waals surface area contributed by atoms with Gasteiger partial charge in [-0.3, -0.25) is 4.79 Å². The highest BCUT2D eigenvalue weighted by Crippen LogP contribution is 2.01. The molecule has 2 N–H and O–H groups in total. The number of sulfone groups is 1. The Kier molecular flexibility index (Phi) is 5.21. The first-order chi connectivity index (χ1) is 7.53. The Balaban J connectivity index is 2.34. The number of nitrogens with one attached hydrogen (secondary N) is 2. The fraction of sp³-hybridized carbons (Fsp3) is 0.900. The molecule has 1 aliphatic heterocycles. The Morgan fingerprint density at radius 2 is 2.25 bits per heavy atom. The second-order valence-corrected chi connectivity index (χ2v) is 6.39. The average molecular weight is 248 g/mol. The van der Waals surface area contributed by atoms with Crippen LogP contribution in [0.2, 0.25) is 0 Å². The van der Waals surface area contributed by atoms with Crippen LogP contribution in [0.1, 0.15) is 26.2 Å². The lowest BCUT2D eigenvalue weighted by molar-refractivity contribution is -0.119. The van der Waals surface area contributed by atoms with Gasteiger partial charge in [-0.2, -0.15) is 0 Å². The Bertz CT molecular complexity index is 321. The van der Waals surface area contributed by atoms with Crippen LogP contribution in [0, 0.1) is 0 Å². The Labute approximate surface area is 96.9 Å². The normalized spacial score (nSPS) is 21.7. The van der Waals surface area contributed by atoms with Crippen LogP contribution in [0.3, 0.4) is 0 Å². The van der Waals surface area contributed by atoms with Gasteiger partial charge in [-0.15, -0.1) is 0 Å². The molecule has 0 aliphatic carbocycles. The molecular formula is C10H20N2O3S. The SMILES string of the molecule is CCCS(=O)(=O)CC(=O)N[C@H]1CCCNC1. The summed E-state index contributed by atoms with van der Waals surface area (Å²) in [5.41, 5.74) is 0. The van der Waals surface area contributed by atoms with Gasteiger partial charge in [0.05, 0.1) is 5.75 Å².